The molecule has 0 aliphatic carbocycles. The molecule has 0 aromatic heterocycles. The van der Waals surface area contributed by atoms with Crippen molar-refractivity contribution in [1.82, 2.24) is 0 Å². The molecule has 0 atom stereocenters. The van der Waals surface area contributed by atoms with Gasteiger partial charge in [-0.2, -0.15) is 0 Å². The van der Waals surface area contributed by atoms with Crippen molar-refractivity contribution in [1.29, 1.82) is 0 Å². The molecule has 0 unspecified atom stereocenters. The quantitative estimate of drug-likeness (QED) is 0.145. The fourth-order valence-corrected chi connectivity index (χ4v) is 2.84. The monoisotopic (exact) mass is 382 g/mol. The number of esters is 2. The van der Waals surface area contributed by atoms with Crippen LogP contribution in [0.2, 0.25) is 0 Å². The van der Waals surface area contributed by atoms with Crippen molar-refractivity contribution in [2.75, 3.05) is 13.2 Å². The second-order valence-electron chi connectivity index (χ2n) is 7.35. The van der Waals surface area contributed by atoms with Gasteiger partial charge < -0.3 is 9.47 Å². The van der Waals surface area contributed by atoms with Crippen molar-refractivity contribution in [3.63, 3.8) is 0 Å². The molecule has 0 radical (unpaired) electrons. The molecule has 27 heavy (non-hydrogen) atoms. The first-order valence-electron chi connectivity index (χ1n) is 11.1. The number of carbonyl (C=O) groups excluding carboxylic acids is 2. The van der Waals surface area contributed by atoms with Crippen LogP contribution in [0.4, 0.5) is 0 Å². The van der Waals surface area contributed by atoms with Gasteiger partial charge in [-0.3, -0.25) is 4.79 Å². The van der Waals surface area contributed by atoms with Crippen LogP contribution in [0.25, 0.3) is 0 Å². The van der Waals surface area contributed by atoms with Gasteiger partial charge in [0.2, 0.25) is 0 Å². The zero-order chi connectivity index (χ0) is 20.2. The second kappa shape index (κ2) is 19.4. The first-order chi connectivity index (χ1) is 13.1. The van der Waals surface area contributed by atoms with E-state index in [0.717, 1.165) is 25.7 Å². The van der Waals surface area contributed by atoms with Gasteiger partial charge in [0.25, 0.3) is 0 Å². The standard InChI is InChI=1S/C23H42O4/c1-4-6-8-10-12-14-19-26-22(24)18-16-17-21(3)23(25)27-20-15-13-11-9-7-5-2/h3-20H2,1-2H3. The van der Waals surface area contributed by atoms with Gasteiger partial charge in [-0.15, -0.1) is 0 Å². The highest BCUT2D eigenvalue weighted by Gasteiger charge is 2.10. The third-order valence-electron chi connectivity index (χ3n) is 4.64. The van der Waals surface area contributed by atoms with Crippen LogP contribution < -0.4 is 0 Å². The molecule has 0 aromatic rings. The molecule has 0 aromatic carbocycles. The van der Waals surface area contributed by atoms with Gasteiger partial charge in [0, 0.05) is 12.0 Å². The van der Waals surface area contributed by atoms with Crippen molar-refractivity contribution in [3.8, 4) is 0 Å². The summed E-state index contributed by atoms with van der Waals surface area (Å²) in [7, 11) is 0. The first kappa shape index (κ1) is 25.7. The van der Waals surface area contributed by atoms with E-state index in [0.29, 0.717) is 38.0 Å². The number of hydrogen-bond donors (Lipinski definition) is 0. The van der Waals surface area contributed by atoms with Crippen LogP contribution in [-0.2, 0) is 19.1 Å². The maximum Gasteiger partial charge on any atom is 0.333 e. The molecule has 0 fully saturated rings. The zero-order valence-corrected chi connectivity index (χ0v) is 17.9. The lowest BCUT2D eigenvalue weighted by Crippen LogP contribution is -2.10. The Morgan fingerprint density at radius 3 is 1.67 bits per heavy atom. The van der Waals surface area contributed by atoms with Crippen LogP contribution in [0, 0.1) is 0 Å². The van der Waals surface area contributed by atoms with Gasteiger partial charge in [0.15, 0.2) is 0 Å². The van der Waals surface area contributed by atoms with E-state index in [9.17, 15) is 9.59 Å². The molecule has 0 spiro atoms. The largest absolute Gasteiger partial charge is 0.466 e. The van der Waals surface area contributed by atoms with Crippen LogP contribution in [0.5, 0.6) is 0 Å². The van der Waals surface area contributed by atoms with Gasteiger partial charge in [-0.1, -0.05) is 84.6 Å². The Kier molecular flexibility index (Phi) is 18.5. The van der Waals surface area contributed by atoms with Gasteiger partial charge >= 0.3 is 11.9 Å². The van der Waals surface area contributed by atoms with E-state index in [1.54, 1.807) is 0 Å². The van der Waals surface area contributed by atoms with Crippen molar-refractivity contribution < 1.29 is 19.1 Å². The summed E-state index contributed by atoms with van der Waals surface area (Å²) in [5.41, 5.74) is 0.449. The normalized spacial score (nSPS) is 10.6. The summed E-state index contributed by atoms with van der Waals surface area (Å²) in [5, 5.41) is 0. The van der Waals surface area contributed by atoms with E-state index >= 15 is 0 Å². The number of carbonyl (C=O) groups is 2. The van der Waals surface area contributed by atoms with Crippen LogP contribution in [-0.4, -0.2) is 25.2 Å². The molecule has 0 bridgehead atoms. The van der Waals surface area contributed by atoms with E-state index in [1.165, 1.54) is 51.4 Å². The van der Waals surface area contributed by atoms with E-state index in [4.69, 9.17) is 9.47 Å². The average Bonchev–Trinajstić information content (AvgIpc) is 2.66. The summed E-state index contributed by atoms with van der Waals surface area (Å²) in [6, 6.07) is 0. The summed E-state index contributed by atoms with van der Waals surface area (Å²) in [4.78, 5) is 23.5. The topological polar surface area (TPSA) is 52.6 Å². The minimum absolute atomic E-state index is 0.184. The molecule has 0 amide bonds. The second-order valence-corrected chi connectivity index (χ2v) is 7.35. The smallest absolute Gasteiger partial charge is 0.333 e. The molecule has 4 heteroatoms. The maximum absolute atomic E-state index is 11.8. The van der Waals surface area contributed by atoms with E-state index in [2.05, 4.69) is 20.4 Å². The average molecular weight is 383 g/mol. The molecule has 0 rings (SSSR count). The zero-order valence-electron chi connectivity index (χ0n) is 17.9. The lowest BCUT2D eigenvalue weighted by Gasteiger charge is -2.08. The highest BCUT2D eigenvalue weighted by Crippen LogP contribution is 2.10. The van der Waals surface area contributed by atoms with E-state index < -0.39 is 0 Å². The Labute approximate surface area is 167 Å². The molecular weight excluding hydrogens is 340 g/mol. The summed E-state index contributed by atoms with van der Waals surface area (Å²) in [6.07, 6.45) is 15.4. The molecular formula is C23H42O4. The predicted molar refractivity (Wildman–Crippen MR) is 112 cm³/mol. The first-order valence-corrected chi connectivity index (χ1v) is 11.1. The molecule has 0 N–H and O–H groups in total. The number of ether oxygens (including phenoxy) is 2. The highest BCUT2D eigenvalue weighted by atomic mass is 16.5. The highest BCUT2D eigenvalue weighted by molar-refractivity contribution is 5.87. The minimum Gasteiger partial charge on any atom is -0.466 e. The Hall–Kier alpha value is -1.32. The van der Waals surface area contributed by atoms with Crippen molar-refractivity contribution in [3.05, 3.63) is 12.2 Å². The summed E-state index contributed by atoms with van der Waals surface area (Å²) < 4.78 is 10.5. The van der Waals surface area contributed by atoms with Crippen LogP contribution in [0.1, 0.15) is 110 Å². The molecule has 0 heterocycles. The lowest BCUT2D eigenvalue weighted by molar-refractivity contribution is -0.144. The SMILES string of the molecule is C=C(CCCC(=O)OCCCCCCCC)C(=O)OCCCCCCCC. The third kappa shape index (κ3) is 17.8. The van der Waals surface area contributed by atoms with Crippen molar-refractivity contribution in [2.45, 2.75) is 110 Å². The van der Waals surface area contributed by atoms with Gasteiger partial charge in [-0.25, -0.2) is 4.79 Å². The minimum atomic E-state index is -0.330. The fourth-order valence-electron chi connectivity index (χ4n) is 2.84. The predicted octanol–water partition coefficient (Wildman–Crippen LogP) is 6.52. The summed E-state index contributed by atoms with van der Waals surface area (Å²) in [5.74, 6) is -0.513. The molecule has 0 aliphatic rings. The molecule has 4 nitrogen and oxygen atoms in total. The van der Waals surface area contributed by atoms with E-state index in [-0.39, 0.29) is 11.9 Å². The van der Waals surface area contributed by atoms with Crippen LogP contribution in [0.15, 0.2) is 12.2 Å². The van der Waals surface area contributed by atoms with Crippen molar-refractivity contribution >= 4 is 11.9 Å². The van der Waals surface area contributed by atoms with Crippen LogP contribution >= 0.6 is 0 Å². The lowest BCUT2D eigenvalue weighted by atomic mass is 10.1. The summed E-state index contributed by atoms with van der Waals surface area (Å²) in [6.45, 7) is 9.14. The Morgan fingerprint density at radius 1 is 0.630 bits per heavy atom. The molecule has 0 aliphatic heterocycles. The van der Waals surface area contributed by atoms with Crippen molar-refractivity contribution in [2.24, 2.45) is 0 Å². The van der Waals surface area contributed by atoms with Crippen LogP contribution in [0.3, 0.4) is 0 Å². The maximum atomic E-state index is 11.8. The fraction of sp³-hybridized carbons (Fsp3) is 0.826. The molecule has 158 valence electrons. The van der Waals surface area contributed by atoms with Gasteiger partial charge in [0.05, 0.1) is 13.2 Å². The molecule has 0 saturated carbocycles. The third-order valence-corrected chi connectivity index (χ3v) is 4.64. The molecule has 0 saturated heterocycles. The van der Waals surface area contributed by atoms with E-state index in [1.807, 2.05) is 0 Å². The number of unbranched alkanes of at least 4 members (excludes halogenated alkanes) is 10. The Bertz CT molecular complexity index is 390. The van der Waals surface area contributed by atoms with Gasteiger partial charge in [-0.05, 0) is 25.7 Å². The Morgan fingerprint density at radius 2 is 1.11 bits per heavy atom. The summed E-state index contributed by atoms with van der Waals surface area (Å²) >= 11 is 0. The van der Waals surface area contributed by atoms with Gasteiger partial charge in [0.1, 0.15) is 0 Å². The Balaban J connectivity index is 3.51. The number of rotatable bonds is 19. The number of hydrogen-bond acceptors (Lipinski definition) is 4.